The number of esters is 1. The van der Waals surface area contributed by atoms with Crippen molar-refractivity contribution in [3.05, 3.63) is 54.1 Å². The first-order valence-electron chi connectivity index (χ1n) is 7.94. The summed E-state index contributed by atoms with van der Waals surface area (Å²) in [4.78, 5) is 12.4. The Kier molecular flexibility index (Phi) is 3.69. The number of benzene rings is 2. The number of rotatable bonds is 3. The predicted octanol–water partition coefficient (Wildman–Crippen LogP) is 2.93. The molecule has 0 bridgehead atoms. The van der Waals surface area contributed by atoms with Crippen molar-refractivity contribution in [1.29, 1.82) is 0 Å². The number of fused-ring (bicyclic) bond motifs is 3. The topological polar surface area (TPSA) is 91.7 Å². The summed E-state index contributed by atoms with van der Waals surface area (Å²) < 4.78 is 11.8. The average Bonchev–Trinajstić information content (AvgIpc) is 3.13. The van der Waals surface area contributed by atoms with E-state index in [0.717, 1.165) is 16.8 Å². The van der Waals surface area contributed by atoms with E-state index >= 15 is 0 Å². The first kappa shape index (κ1) is 15.9. The third kappa shape index (κ3) is 2.25. The van der Waals surface area contributed by atoms with Crippen LogP contribution in [0.1, 0.15) is 10.4 Å². The fourth-order valence-electron chi connectivity index (χ4n) is 3.09. The molecule has 130 valence electrons. The van der Waals surface area contributed by atoms with Gasteiger partial charge >= 0.3 is 5.97 Å². The third-order valence-corrected chi connectivity index (χ3v) is 4.35. The number of carbonyl (C=O) groups excluding carboxylic acids is 1. The van der Waals surface area contributed by atoms with Gasteiger partial charge in [0.2, 0.25) is 0 Å². The van der Waals surface area contributed by atoms with Crippen LogP contribution >= 0.6 is 0 Å². The Hall–Kier alpha value is -3.61. The van der Waals surface area contributed by atoms with E-state index in [4.69, 9.17) is 15.2 Å². The Morgan fingerprint density at radius 1 is 1.08 bits per heavy atom. The number of carbonyl (C=O) groups is 1. The fourth-order valence-corrected chi connectivity index (χ4v) is 3.09. The van der Waals surface area contributed by atoms with Crippen molar-refractivity contribution in [3.63, 3.8) is 0 Å². The number of ether oxygens (including phenoxy) is 2. The molecule has 0 aliphatic rings. The number of hydrogen-bond donors (Lipinski definition) is 1. The van der Waals surface area contributed by atoms with E-state index in [0.29, 0.717) is 22.2 Å². The van der Waals surface area contributed by atoms with Crippen LogP contribution in [0.15, 0.2) is 48.5 Å². The molecule has 0 aliphatic heterocycles. The third-order valence-electron chi connectivity index (χ3n) is 4.35. The number of hydrogen-bond acceptors (Lipinski definition) is 6. The number of para-hydroxylation sites is 1. The molecule has 2 aromatic heterocycles. The van der Waals surface area contributed by atoms with Crippen molar-refractivity contribution in [3.8, 4) is 17.0 Å². The molecule has 0 unspecified atom stereocenters. The highest BCUT2D eigenvalue weighted by Crippen LogP contribution is 2.34. The van der Waals surface area contributed by atoms with Crippen LogP contribution in [0.4, 0.5) is 5.69 Å². The summed E-state index contributed by atoms with van der Waals surface area (Å²) >= 11 is 0. The van der Waals surface area contributed by atoms with Gasteiger partial charge in [-0.2, -0.15) is 0 Å². The van der Waals surface area contributed by atoms with E-state index < -0.39 is 5.97 Å². The standard InChI is InChI=1S/C19H16N4O3/c1-25-12-9-7-11(8-10-12)17-18-16(20)15(19(24)26-2)13-5-3-4-6-14(13)23(18)22-21-17/h3-10H,20H2,1-2H3. The van der Waals surface area contributed by atoms with Gasteiger partial charge in [0.1, 0.15) is 17.0 Å². The molecule has 0 aliphatic carbocycles. The first-order valence-corrected chi connectivity index (χ1v) is 7.94. The second kappa shape index (κ2) is 6.03. The Bertz CT molecular complexity index is 1130. The normalized spacial score (nSPS) is 11.0. The maximum atomic E-state index is 12.4. The monoisotopic (exact) mass is 348 g/mol. The maximum absolute atomic E-state index is 12.4. The lowest BCUT2D eigenvalue weighted by Crippen LogP contribution is -2.09. The minimum absolute atomic E-state index is 0.284. The van der Waals surface area contributed by atoms with Crippen LogP contribution in [0.25, 0.3) is 27.7 Å². The minimum atomic E-state index is -0.497. The number of aromatic nitrogens is 3. The summed E-state index contributed by atoms with van der Waals surface area (Å²) in [6, 6.07) is 14.8. The second-order valence-corrected chi connectivity index (χ2v) is 5.72. The van der Waals surface area contributed by atoms with E-state index in [2.05, 4.69) is 10.3 Å². The smallest absolute Gasteiger partial charge is 0.340 e. The molecule has 0 saturated carbocycles. The predicted molar refractivity (Wildman–Crippen MR) is 98.2 cm³/mol. The zero-order chi connectivity index (χ0) is 18.3. The molecule has 0 amide bonds. The molecule has 0 spiro atoms. The molecule has 0 fully saturated rings. The number of methoxy groups -OCH3 is 2. The summed E-state index contributed by atoms with van der Waals surface area (Å²) in [6.07, 6.45) is 0. The van der Waals surface area contributed by atoms with Crippen LogP contribution < -0.4 is 10.5 Å². The van der Waals surface area contributed by atoms with Gasteiger partial charge < -0.3 is 15.2 Å². The van der Waals surface area contributed by atoms with Crippen LogP contribution in [-0.2, 0) is 4.74 Å². The van der Waals surface area contributed by atoms with Crippen LogP contribution in [0.3, 0.4) is 0 Å². The summed E-state index contributed by atoms with van der Waals surface area (Å²) in [7, 11) is 2.94. The summed E-state index contributed by atoms with van der Waals surface area (Å²) in [5.74, 6) is 0.238. The molecule has 2 heterocycles. The van der Waals surface area contributed by atoms with Crippen molar-refractivity contribution < 1.29 is 14.3 Å². The Labute approximate surface area is 148 Å². The van der Waals surface area contributed by atoms with Crippen LogP contribution in [-0.4, -0.2) is 35.0 Å². The van der Waals surface area contributed by atoms with Gasteiger partial charge in [-0.25, -0.2) is 9.31 Å². The molecule has 0 radical (unpaired) electrons. The van der Waals surface area contributed by atoms with Gasteiger partial charge in [0, 0.05) is 10.9 Å². The van der Waals surface area contributed by atoms with E-state index in [-0.39, 0.29) is 5.69 Å². The van der Waals surface area contributed by atoms with E-state index in [9.17, 15) is 4.79 Å². The largest absolute Gasteiger partial charge is 0.497 e. The number of nitrogen functional groups attached to an aromatic ring is 1. The molecule has 4 rings (SSSR count). The molecule has 7 nitrogen and oxygen atoms in total. The van der Waals surface area contributed by atoms with Gasteiger partial charge in [0.15, 0.2) is 0 Å². The molecule has 0 atom stereocenters. The molecule has 4 aromatic rings. The highest BCUT2D eigenvalue weighted by molar-refractivity contribution is 6.13. The van der Waals surface area contributed by atoms with E-state index in [1.807, 2.05) is 48.5 Å². The van der Waals surface area contributed by atoms with Crippen molar-refractivity contribution >= 4 is 28.1 Å². The lowest BCUT2D eigenvalue weighted by atomic mass is 10.0. The zero-order valence-corrected chi connectivity index (χ0v) is 14.3. The SMILES string of the molecule is COC(=O)c1c(N)c2c(-c3ccc(OC)cc3)nnn2c2ccccc12. The number of anilines is 1. The second-order valence-electron chi connectivity index (χ2n) is 5.72. The van der Waals surface area contributed by atoms with Crippen LogP contribution in [0.2, 0.25) is 0 Å². The van der Waals surface area contributed by atoms with Gasteiger partial charge in [-0.1, -0.05) is 23.4 Å². The number of pyridine rings is 1. The van der Waals surface area contributed by atoms with Gasteiger partial charge in [-0.05, 0) is 30.3 Å². The Balaban J connectivity index is 2.08. The van der Waals surface area contributed by atoms with E-state index in [1.54, 1.807) is 11.6 Å². The lowest BCUT2D eigenvalue weighted by Gasteiger charge is -2.11. The van der Waals surface area contributed by atoms with Crippen molar-refractivity contribution in [1.82, 2.24) is 14.8 Å². The van der Waals surface area contributed by atoms with Crippen LogP contribution in [0, 0.1) is 0 Å². The Morgan fingerprint density at radius 3 is 2.50 bits per heavy atom. The van der Waals surface area contributed by atoms with Gasteiger partial charge in [-0.3, -0.25) is 0 Å². The fraction of sp³-hybridized carbons (Fsp3) is 0.105. The van der Waals surface area contributed by atoms with Crippen molar-refractivity contribution in [2.75, 3.05) is 20.0 Å². The highest BCUT2D eigenvalue weighted by Gasteiger charge is 2.23. The molecule has 26 heavy (non-hydrogen) atoms. The highest BCUT2D eigenvalue weighted by atomic mass is 16.5. The van der Waals surface area contributed by atoms with Gasteiger partial charge in [-0.15, -0.1) is 5.10 Å². The average molecular weight is 348 g/mol. The van der Waals surface area contributed by atoms with Crippen molar-refractivity contribution in [2.45, 2.75) is 0 Å². The molecule has 2 aromatic carbocycles. The molecular formula is C19H16N4O3. The summed E-state index contributed by atoms with van der Waals surface area (Å²) in [5, 5.41) is 9.22. The van der Waals surface area contributed by atoms with Gasteiger partial charge in [0.25, 0.3) is 0 Å². The summed E-state index contributed by atoms with van der Waals surface area (Å²) in [6.45, 7) is 0. The van der Waals surface area contributed by atoms with Crippen LogP contribution in [0.5, 0.6) is 5.75 Å². The Morgan fingerprint density at radius 2 is 1.81 bits per heavy atom. The maximum Gasteiger partial charge on any atom is 0.340 e. The van der Waals surface area contributed by atoms with E-state index in [1.165, 1.54) is 7.11 Å². The first-order chi connectivity index (χ1) is 12.7. The molecule has 7 heteroatoms. The van der Waals surface area contributed by atoms with Crippen molar-refractivity contribution in [2.24, 2.45) is 0 Å². The number of nitrogens with zero attached hydrogens (tertiary/aromatic N) is 3. The molecule has 0 saturated heterocycles. The molecular weight excluding hydrogens is 332 g/mol. The minimum Gasteiger partial charge on any atom is -0.497 e. The van der Waals surface area contributed by atoms with Gasteiger partial charge in [0.05, 0.1) is 31.0 Å². The summed E-state index contributed by atoms with van der Waals surface area (Å²) in [5.41, 5.74) is 9.66. The zero-order valence-electron chi connectivity index (χ0n) is 14.3. The lowest BCUT2D eigenvalue weighted by molar-refractivity contribution is 0.0604. The molecule has 2 N–H and O–H groups in total. The number of nitrogens with two attached hydrogens (primary N) is 1. The quantitative estimate of drug-likeness (QED) is 0.572.